The Labute approximate surface area is 228 Å². The van der Waals surface area contributed by atoms with E-state index in [4.69, 9.17) is 10.5 Å². The van der Waals surface area contributed by atoms with Crippen LogP contribution >= 0.6 is 0 Å². The number of nitrogens with zero attached hydrogens (tertiary/aromatic N) is 3. The van der Waals surface area contributed by atoms with Gasteiger partial charge >= 0.3 is 6.09 Å². The van der Waals surface area contributed by atoms with Gasteiger partial charge in [-0.05, 0) is 79.5 Å². The van der Waals surface area contributed by atoms with Gasteiger partial charge in [0.05, 0.1) is 28.9 Å². The zero-order valence-electron chi connectivity index (χ0n) is 22.7. The van der Waals surface area contributed by atoms with Crippen LogP contribution in [0.15, 0.2) is 54.7 Å². The van der Waals surface area contributed by atoms with Crippen molar-refractivity contribution in [2.45, 2.75) is 77.1 Å². The summed E-state index contributed by atoms with van der Waals surface area (Å²) in [6, 6.07) is 15.4. The Morgan fingerprint density at radius 2 is 1.95 bits per heavy atom. The molecule has 9 heteroatoms. The Bertz CT molecular complexity index is 1480. The first-order valence-electron chi connectivity index (χ1n) is 13.7. The first kappa shape index (κ1) is 26.9. The summed E-state index contributed by atoms with van der Waals surface area (Å²) < 4.78 is 7.20. The molecule has 206 valence electrons. The van der Waals surface area contributed by atoms with E-state index >= 15 is 0 Å². The minimum Gasteiger partial charge on any atom is -0.446 e. The molecule has 5 rings (SSSR count). The van der Waals surface area contributed by atoms with Crippen LogP contribution in [0.3, 0.4) is 0 Å². The van der Waals surface area contributed by atoms with Crippen LogP contribution in [0.1, 0.15) is 63.6 Å². The third-order valence-corrected chi connectivity index (χ3v) is 8.29. The molecule has 1 amide bonds. The summed E-state index contributed by atoms with van der Waals surface area (Å²) in [7, 11) is 0. The van der Waals surface area contributed by atoms with Gasteiger partial charge in [0.25, 0.3) is 0 Å². The fraction of sp³-hybridized carbons (Fsp3) is 0.433. The van der Waals surface area contributed by atoms with Crippen LogP contribution in [0.5, 0.6) is 0 Å². The fourth-order valence-corrected chi connectivity index (χ4v) is 5.80. The molecule has 0 unspecified atom stereocenters. The summed E-state index contributed by atoms with van der Waals surface area (Å²) >= 11 is 0. The maximum atomic E-state index is 12.3. The lowest BCUT2D eigenvalue weighted by Crippen LogP contribution is -2.34. The van der Waals surface area contributed by atoms with Crippen LogP contribution < -0.4 is 11.1 Å². The molecular weight excluding hydrogens is 494 g/mol. The summed E-state index contributed by atoms with van der Waals surface area (Å²) in [6.45, 7) is 6.00. The van der Waals surface area contributed by atoms with E-state index in [0.717, 1.165) is 40.5 Å². The minimum atomic E-state index is -0.900. The molecule has 1 aliphatic carbocycles. The van der Waals surface area contributed by atoms with Crippen molar-refractivity contribution >= 4 is 34.0 Å². The molecule has 1 aliphatic rings. The number of ether oxygens (including phenoxy) is 1. The van der Waals surface area contributed by atoms with Gasteiger partial charge in [-0.25, -0.2) is 14.3 Å². The Hall–Kier alpha value is -3.69. The first-order valence-corrected chi connectivity index (χ1v) is 13.7. The van der Waals surface area contributed by atoms with Gasteiger partial charge in [0.15, 0.2) is 0 Å². The number of rotatable bonds is 8. The number of anilines is 2. The third kappa shape index (κ3) is 5.29. The van der Waals surface area contributed by atoms with Gasteiger partial charge < -0.3 is 20.7 Å². The van der Waals surface area contributed by atoms with E-state index in [0.29, 0.717) is 30.8 Å². The van der Waals surface area contributed by atoms with E-state index < -0.39 is 23.7 Å². The summed E-state index contributed by atoms with van der Waals surface area (Å²) in [5.74, 6) is 0.182. The number of benzene rings is 1. The molecule has 3 heterocycles. The average Bonchev–Trinajstić information content (AvgIpc) is 3.46. The number of aromatic nitrogens is 3. The molecule has 1 saturated carbocycles. The van der Waals surface area contributed by atoms with Crippen molar-refractivity contribution in [2.75, 3.05) is 11.1 Å². The van der Waals surface area contributed by atoms with Crippen molar-refractivity contribution in [1.29, 1.82) is 0 Å². The summed E-state index contributed by atoms with van der Waals surface area (Å²) in [6.07, 6.45) is 2.79. The van der Waals surface area contributed by atoms with Gasteiger partial charge in [0, 0.05) is 23.2 Å². The van der Waals surface area contributed by atoms with Gasteiger partial charge in [-0.2, -0.15) is 5.10 Å². The van der Waals surface area contributed by atoms with Crippen molar-refractivity contribution in [3.8, 4) is 0 Å². The second kappa shape index (κ2) is 10.8. The highest BCUT2D eigenvalue weighted by Crippen LogP contribution is 2.49. The topological polar surface area (TPSA) is 135 Å². The molecule has 1 fully saturated rings. The van der Waals surface area contributed by atoms with Crippen LogP contribution in [0.4, 0.5) is 16.3 Å². The van der Waals surface area contributed by atoms with Gasteiger partial charge in [-0.1, -0.05) is 32.9 Å². The number of hydrogen-bond donors (Lipinski definition) is 4. The molecule has 0 spiro atoms. The van der Waals surface area contributed by atoms with Gasteiger partial charge in [0.2, 0.25) is 0 Å². The van der Waals surface area contributed by atoms with Crippen molar-refractivity contribution in [1.82, 2.24) is 14.6 Å². The highest BCUT2D eigenvalue weighted by atomic mass is 16.6. The van der Waals surface area contributed by atoms with E-state index in [2.05, 4.69) is 21.5 Å². The Kier molecular flexibility index (Phi) is 7.46. The van der Waals surface area contributed by atoms with E-state index in [1.165, 1.54) is 0 Å². The smallest absolute Gasteiger partial charge is 0.413 e. The molecule has 1 aromatic carbocycles. The lowest BCUT2D eigenvalue weighted by Gasteiger charge is -2.28. The highest BCUT2D eigenvalue weighted by molar-refractivity contribution is 5.87. The average molecular weight is 532 g/mol. The highest BCUT2D eigenvalue weighted by Gasteiger charge is 2.50. The van der Waals surface area contributed by atoms with E-state index in [1.807, 2.05) is 51.1 Å². The Morgan fingerprint density at radius 1 is 1.18 bits per heavy atom. The second-order valence-corrected chi connectivity index (χ2v) is 10.9. The summed E-state index contributed by atoms with van der Waals surface area (Å²) in [4.78, 5) is 16.9. The standard InChI is InChI=1S/C30H37N5O4/c1-4-20(5-2)39-29(38)34-26-11-8-19-7-6-18(16-23(19)33-26)12-14-30(3)17-21(27(36)28(30)37)24-9-10-25-22(31)13-15-32-35(24)25/h6-11,13,15-16,20-21,27-28,36-37H,4-5,12,14,17,31H2,1-3H3,(H,33,34,38)/t21-,27-,28-,30-/m0/s1. The monoisotopic (exact) mass is 531 g/mol. The second-order valence-electron chi connectivity index (χ2n) is 10.9. The Morgan fingerprint density at radius 3 is 2.72 bits per heavy atom. The number of aliphatic hydroxyl groups is 2. The number of carbonyl (C=O) groups excluding carboxylic acids is 1. The Balaban J connectivity index is 1.29. The number of aliphatic hydroxyl groups excluding tert-OH is 2. The molecule has 3 aromatic heterocycles. The molecular formula is C30H37N5O4. The van der Waals surface area contributed by atoms with Crippen molar-refractivity contribution in [2.24, 2.45) is 5.41 Å². The van der Waals surface area contributed by atoms with E-state index in [9.17, 15) is 15.0 Å². The molecule has 0 radical (unpaired) electrons. The number of nitrogens with two attached hydrogens (primary N) is 1. The number of fused-ring (bicyclic) bond motifs is 2. The lowest BCUT2D eigenvalue weighted by molar-refractivity contribution is -0.0204. The number of nitrogen functional groups attached to an aromatic ring is 1. The van der Waals surface area contributed by atoms with Crippen LogP contribution in [-0.2, 0) is 11.2 Å². The van der Waals surface area contributed by atoms with Crippen molar-refractivity contribution < 1.29 is 19.7 Å². The maximum absolute atomic E-state index is 12.3. The largest absolute Gasteiger partial charge is 0.446 e. The zero-order chi connectivity index (χ0) is 27.7. The van der Waals surface area contributed by atoms with Gasteiger partial charge in [-0.15, -0.1) is 0 Å². The molecule has 0 aliphatic heterocycles. The summed E-state index contributed by atoms with van der Waals surface area (Å²) in [5, 5.41) is 30.3. The van der Waals surface area contributed by atoms with Crippen LogP contribution in [-0.4, -0.2) is 49.2 Å². The maximum Gasteiger partial charge on any atom is 0.413 e. The van der Waals surface area contributed by atoms with Crippen molar-refractivity contribution in [3.63, 3.8) is 0 Å². The molecule has 0 saturated heterocycles. The van der Waals surface area contributed by atoms with Gasteiger partial charge in [0.1, 0.15) is 11.9 Å². The van der Waals surface area contributed by atoms with Gasteiger partial charge in [-0.3, -0.25) is 5.32 Å². The first-order chi connectivity index (χ1) is 18.7. The number of nitrogens with one attached hydrogen (secondary N) is 1. The number of aryl methyl sites for hydroxylation is 1. The van der Waals surface area contributed by atoms with Crippen LogP contribution in [0, 0.1) is 5.41 Å². The number of carbonyl (C=O) groups is 1. The third-order valence-electron chi connectivity index (χ3n) is 8.29. The number of hydrogen-bond acceptors (Lipinski definition) is 7. The SMILES string of the molecule is CCC(CC)OC(=O)Nc1ccc2ccc(CC[C@@]3(C)C[C@@H](c4ccc5c(N)ccnn45)[C@H](O)[C@@H]3O)cc2n1. The zero-order valence-corrected chi connectivity index (χ0v) is 22.7. The molecule has 9 nitrogen and oxygen atoms in total. The lowest BCUT2D eigenvalue weighted by atomic mass is 9.80. The van der Waals surface area contributed by atoms with Crippen LogP contribution in [0.2, 0.25) is 0 Å². The summed E-state index contributed by atoms with van der Waals surface area (Å²) in [5.41, 5.74) is 9.72. The normalized spacial score (nSPS) is 23.1. The molecule has 0 bridgehead atoms. The van der Waals surface area contributed by atoms with E-state index in [1.54, 1.807) is 22.8 Å². The molecule has 39 heavy (non-hydrogen) atoms. The predicted octanol–water partition coefficient (Wildman–Crippen LogP) is 5.05. The fourth-order valence-electron chi connectivity index (χ4n) is 5.80. The number of amides is 1. The minimum absolute atomic E-state index is 0.117. The molecule has 5 N–H and O–H groups in total. The van der Waals surface area contributed by atoms with E-state index in [-0.39, 0.29) is 12.0 Å². The number of pyridine rings is 1. The molecule has 4 aromatic rings. The van der Waals surface area contributed by atoms with Crippen LogP contribution in [0.25, 0.3) is 16.4 Å². The quantitative estimate of drug-likeness (QED) is 0.250. The molecule has 4 atom stereocenters. The predicted molar refractivity (Wildman–Crippen MR) is 152 cm³/mol. The van der Waals surface area contributed by atoms with Crippen molar-refractivity contribution in [3.05, 3.63) is 66.0 Å².